The first kappa shape index (κ1) is 12.6. The molecular weight excluding hydrogens is 296 g/mol. The van der Waals surface area contributed by atoms with Crippen LogP contribution in [0.5, 0.6) is 0 Å². The number of sulfone groups is 2. The molecule has 0 aromatic carbocycles. The summed E-state index contributed by atoms with van der Waals surface area (Å²) in [6.45, 7) is 0. The van der Waals surface area contributed by atoms with Crippen molar-refractivity contribution in [2.45, 2.75) is 24.5 Å². The number of thiocarbonyl (C=S) groups is 1. The monoisotopic (exact) mass is 310 g/mol. The van der Waals surface area contributed by atoms with Crippen molar-refractivity contribution in [2.75, 3.05) is 23.0 Å². The highest BCUT2D eigenvalue weighted by Crippen LogP contribution is 2.30. The zero-order chi connectivity index (χ0) is 13.1. The molecular formula is C9H14N2O4S3. The first-order valence-corrected chi connectivity index (χ1v) is 9.82. The van der Waals surface area contributed by atoms with E-state index in [1.807, 2.05) is 4.90 Å². The third kappa shape index (κ3) is 2.01. The molecule has 0 aliphatic carbocycles. The molecule has 3 fully saturated rings. The van der Waals surface area contributed by atoms with E-state index in [4.69, 9.17) is 12.2 Å². The van der Waals surface area contributed by atoms with Gasteiger partial charge in [0.2, 0.25) is 0 Å². The normalized spacial score (nSPS) is 40.8. The Kier molecular flexibility index (Phi) is 2.66. The summed E-state index contributed by atoms with van der Waals surface area (Å²) < 4.78 is 46.3. The molecule has 0 spiro atoms. The van der Waals surface area contributed by atoms with Crippen molar-refractivity contribution in [1.29, 1.82) is 0 Å². The largest absolute Gasteiger partial charge is 0.357 e. The fraction of sp³-hybridized carbons (Fsp3) is 0.889. The van der Waals surface area contributed by atoms with E-state index in [1.54, 1.807) is 0 Å². The van der Waals surface area contributed by atoms with Crippen LogP contribution in [0.25, 0.3) is 0 Å². The highest BCUT2D eigenvalue weighted by Gasteiger charge is 2.50. The molecule has 0 saturated carbocycles. The fourth-order valence-corrected chi connectivity index (χ4v) is 7.11. The van der Waals surface area contributed by atoms with Gasteiger partial charge in [-0.2, -0.15) is 0 Å². The van der Waals surface area contributed by atoms with Gasteiger partial charge in [0.1, 0.15) is 0 Å². The minimum Gasteiger partial charge on any atom is -0.357 e. The van der Waals surface area contributed by atoms with E-state index in [-0.39, 0.29) is 41.1 Å². The van der Waals surface area contributed by atoms with Crippen molar-refractivity contribution in [1.82, 2.24) is 10.2 Å². The van der Waals surface area contributed by atoms with Crippen molar-refractivity contribution in [3.05, 3.63) is 0 Å². The van der Waals surface area contributed by atoms with Gasteiger partial charge in [0, 0.05) is 6.04 Å². The Balaban J connectivity index is 1.86. The molecule has 3 atom stereocenters. The lowest BCUT2D eigenvalue weighted by Gasteiger charge is -2.28. The molecule has 3 rings (SSSR count). The summed E-state index contributed by atoms with van der Waals surface area (Å²) in [5, 5.41) is 3.51. The van der Waals surface area contributed by atoms with Crippen molar-refractivity contribution >= 4 is 37.0 Å². The summed E-state index contributed by atoms with van der Waals surface area (Å²) in [7, 11) is -6.03. The first-order chi connectivity index (χ1) is 8.27. The van der Waals surface area contributed by atoms with E-state index < -0.39 is 19.7 Å². The van der Waals surface area contributed by atoms with Crippen LogP contribution in [-0.2, 0) is 19.7 Å². The maximum absolute atomic E-state index is 11.6. The summed E-state index contributed by atoms with van der Waals surface area (Å²) in [6, 6.07) is -0.537. The van der Waals surface area contributed by atoms with E-state index in [2.05, 4.69) is 5.32 Å². The predicted octanol–water partition coefficient (Wildman–Crippen LogP) is -1.47. The summed E-state index contributed by atoms with van der Waals surface area (Å²) in [6.07, 6.45) is 0.535. The summed E-state index contributed by atoms with van der Waals surface area (Å²) >= 11 is 5.21. The lowest BCUT2D eigenvalue weighted by atomic mass is 10.1. The van der Waals surface area contributed by atoms with Gasteiger partial charge in [-0.15, -0.1) is 0 Å². The number of fused-ring (bicyclic) bond motifs is 1. The number of rotatable bonds is 1. The summed E-state index contributed by atoms with van der Waals surface area (Å²) in [5.41, 5.74) is 0. The molecule has 6 nitrogen and oxygen atoms in total. The summed E-state index contributed by atoms with van der Waals surface area (Å²) in [5.74, 6) is 0.411. The molecule has 3 aliphatic heterocycles. The Morgan fingerprint density at radius 3 is 2.44 bits per heavy atom. The minimum atomic E-state index is -3.03. The Bertz CT molecular complexity index is 597. The van der Waals surface area contributed by atoms with Crippen molar-refractivity contribution in [3.8, 4) is 0 Å². The van der Waals surface area contributed by atoms with Gasteiger partial charge in [-0.05, 0) is 18.6 Å². The predicted molar refractivity (Wildman–Crippen MR) is 70.9 cm³/mol. The quantitative estimate of drug-likeness (QED) is 0.592. The third-order valence-corrected chi connectivity index (χ3v) is 7.62. The highest BCUT2D eigenvalue weighted by molar-refractivity contribution is 7.92. The fourth-order valence-electron chi connectivity index (χ4n) is 3.06. The summed E-state index contributed by atoms with van der Waals surface area (Å²) in [4.78, 5) is 1.81. The number of nitrogens with zero attached hydrogens (tertiary/aromatic N) is 1. The molecule has 0 radical (unpaired) electrons. The molecule has 3 aliphatic rings. The number of hydrogen-bond donors (Lipinski definition) is 1. The molecule has 9 heteroatoms. The Morgan fingerprint density at radius 1 is 1.11 bits per heavy atom. The van der Waals surface area contributed by atoms with Gasteiger partial charge in [0.15, 0.2) is 24.8 Å². The van der Waals surface area contributed by atoms with Crippen LogP contribution in [0.4, 0.5) is 0 Å². The second-order valence-corrected chi connectivity index (χ2v) is 9.93. The van der Waals surface area contributed by atoms with Gasteiger partial charge >= 0.3 is 0 Å². The Morgan fingerprint density at radius 2 is 1.83 bits per heavy atom. The van der Waals surface area contributed by atoms with Gasteiger partial charge in [-0.25, -0.2) is 16.8 Å². The Hall–Kier alpha value is -0.410. The van der Waals surface area contributed by atoms with Crippen LogP contribution in [0.15, 0.2) is 0 Å². The molecule has 102 valence electrons. The average Bonchev–Trinajstić information content (AvgIpc) is 2.75. The number of hydrogen-bond acceptors (Lipinski definition) is 5. The molecule has 3 saturated heterocycles. The molecule has 0 aromatic heterocycles. The third-order valence-electron chi connectivity index (χ3n) is 3.83. The molecule has 1 N–H and O–H groups in total. The van der Waals surface area contributed by atoms with E-state index >= 15 is 0 Å². The standard InChI is InChI=1S/C9H14N2O4S3/c12-17(13)2-1-6(3-17)11-8-5-18(14,15)4-7(8)10-9(11)16/h6-8H,1-5H2,(H,10,16)/t6-,7-,8+/m1/s1. The highest BCUT2D eigenvalue weighted by atomic mass is 32.2. The smallest absolute Gasteiger partial charge is 0.169 e. The number of nitrogens with one attached hydrogen (secondary N) is 1. The Labute approximate surface area is 112 Å². The SMILES string of the molecule is O=S1(=O)CC[C@@H](N2C(=S)N[C@@H]3CS(=O)(=O)C[C@@H]32)C1. The zero-order valence-corrected chi connectivity index (χ0v) is 12.0. The van der Waals surface area contributed by atoms with Crippen LogP contribution in [0.1, 0.15) is 6.42 Å². The maximum Gasteiger partial charge on any atom is 0.169 e. The lowest BCUT2D eigenvalue weighted by Crippen LogP contribution is -2.45. The molecule has 18 heavy (non-hydrogen) atoms. The molecule has 0 amide bonds. The van der Waals surface area contributed by atoms with Gasteiger partial charge in [-0.1, -0.05) is 0 Å². The average molecular weight is 310 g/mol. The van der Waals surface area contributed by atoms with Gasteiger partial charge in [0.05, 0.1) is 35.1 Å². The van der Waals surface area contributed by atoms with Gasteiger partial charge in [0.25, 0.3) is 0 Å². The molecule has 0 aromatic rings. The van der Waals surface area contributed by atoms with Crippen LogP contribution in [0, 0.1) is 0 Å². The molecule has 0 bridgehead atoms. The van der Waals surface area contributed by atoms with E-state index in [0.29, 0.717) is 11.5 Å². The first-order valence-electron chi connectivity index (χ1n) is 5.77. The van der Waals surface area contributed by atoms with Crippen molar-refractivity contribution < 1.29 is 16.8 Å². The zero-order valence-electron chi connectivity index (χ0n) is 9.57. The molecule has 3 heterocycles. The minimum absolute atomic E-state index is 0.0708. The maximum atomic E-state index is 11.6. The van der Waals surface area contributed by atoms with E-state index in [1.165, 1.54) is 0 Å². The second-order valence-electron chi connectivity index (χ2n) is 5.16. The van der Waals surface area contributed by atoms with Crippen LogP contribution in [-0.4, -0.2) is 68.0 Å². The lowest BCUT2D eigenvalue weighted by molar-refractivity contribution is 0.289. The van der Waals surface area contributed by atoms with Crippen molar-refractivity contribution in [2.24, 2.45) is 0 Å². The topological polar surface area (TPSA) is 83.6 Å². The van der Waals surface area contributed by atoms with Crippen LogP contribution < -0.4 is 5.32 Å². The van der Waals surface area contributed by atoms with Crippen LogP contribution in [0.3, 0.4) is 0 Å². The van der Waals surface area contributed by atoms with Crippen LogP contribution in [0.2, 0.25) is 0 Å². The van der Waals surface area contributed by atoms with Gasteiger partial charge < -0.3 is 10.2 Å². The van der Waals surface area contributed by atoms with Crippen LogP contribution >= 0.6 is 12.2 Å². The van der Waals surface area contributed by atoms with E-state index in [9.17, 15) is 16.8 Å². The van der Waals surface area contributed by atoms with Gasteiger partial charge in [-0.3, -0.25) is 0 Å². The van der Waals surface area contributed by atoms with E-state index in [0.717, 1.165) is 0 Å². The second kappa shape index (κ2) is 3.80. The van der Waals surface area contributed by atoms with Crippen molar-refractivity contribution in [3.63, 3.8) is 0 Å². The molecule has 0 unspecified atom stereocenters.